The second kappa shape index (κ2) is 7.73. The average Bonchev–Trinajstić information content (AvgIpc) is 2.49. The second-order valence-electron chi connectivity index (χ2n) is 5.42. The first-order valence-corrected chi connectivity index (χ1v) is 7.81. The molecule has 0 bridgehead atoms. The number of pyridine rings is 1. The van der Waals surface area contributed by atoms with Crippen LogP contribution in [0.5, 0.6) is 0 Å². The highest BCUT2D eigenvalue weighted by Gasteiger charge is 2.28. The quantitative estimate of drug-likeness (QED) is 0.875. The summed E-state index contributed by atoms with van der Waals surface area (Å²) in [5.41, 5.74) is 0. The van der Waals surface area contributed by atoms with Crippen LogP contribution < -0.4 is 5.32 Å². The molecule has 1 aromatic heterocycles. The van der Waals surface area contributed by atoms with E-state index in [-0.39, 0.29) is 24.6 Å². The van der Waals surface area contributed by atoms with Crippen molar-refractivity contribution in [2.45, 2.75) is 44.8 Å². The molecular weight excluding hydrogens is 290 g/mol. The molecule has 2 rings (SSSR count). The molecule has 2 unspecified atom stereocenters. The predicted molar refractivity (Wildman–Crippen MR) is 83.4 cm³/mol. The summed E-state index contributed by atoms with van der Waals surface area (Å²) in [6.45, 7) is 3.10. The van der Waals surface area contributed by atoms with Crippen LogP contribution in [0.15, 0.2) is 18.3 Å². The van der Waals surface area contributed by atoms with Crippen molar-refractivity contribution in [3.63, 3.8) is 0 Å². The monoisotopic (exact) mass is 311 g/mol. The molecule has 1 saturated heterocycles. The number of hydrogen-bond acceptors (Lipinski definition) is 4. The van der Waals surface area contributed by atoms with E-state index in [2.05, 4.69) is 15.2 Å². The average molecular weight is 312 g/mol. The Labute approximate surface area is 130 Å². The summed E-state index contributed by atoms with van der Waals surface area (Å²) >= 11 is 5.76. The molecule has 0 saturated carbocycles. The Morgan fingerprint density at radius 2 is 2.38 bits per heavy atom. The number of likely N-dealkylation sites (tertiary alicyclic amines) is 1. The third kappa shape index (κ3) is 4.66. The van der Waals surface area contributed by atoms with Gasteiger partial charge >= 0.3 is 0 Å². The van der Waals surface area contributed by atoms with Crippen molar-refractivity contribution >= 4 is 23.3 Å². The van der Waals surface area contributed by atoms with Gasteiger partial charge in [0.1, 0.15) is 5.82 Å². The van der Waals surface area contributed by atoms with E-state index in [0.29, 0.717) is 17.3 Å². The molecule has 1 aromatic rings. The lowest BCUT2D eigenvalue weighted by Gasteiger charge is -2.37. The molecule has 116 valence electrons. The fraction of sp³-hybridized carbons (Fsp3) is 0.600. The van der Waals surface area contributed by atoms with Gasteiger partial charge in [-0.3, -0.25) is 9.69 Å². The van der Waals surface area contributed by atoms with Gasteiger partial charge in [0.2, 0.25) is 5.91 Å². The number of halogens is 1. The van der Waals surface area contributed by atoms with Crippen molar-refractivity contribution < 1.29 is 9.90 Å². The highest BCUT2D eigenvalue weighted by atomic mass is 35.5. The van der Waals surface area contributed by atoms with Gasteiger partial charge in [0.15, 0.2) is 0 Å². The van der Waals surface area contributed by atoms with E-state index in [9.17, 15) is 9.90 Å². The first-order valence-electron chi connectivity index (χ1n) is 7.43. The Kier molecular flexibility index (Phi) is 5.96. The van der Waals surface area contributed by atoms with E-state index in [1.807, 2.05) is 6.92 Å². The maximum atomic E-state index is 12.1. The highest BCUT2D eigenvalue weighted by Crippen LogP contribution is 2.21. The number of anilines is 1. The maximum absolute atomic E-state index is 12.1. The van der Waals surface area contributed by atoms with Crippen LogP contribution in [-0.4, -0.2) is 46.1 Å². The molecule has 0 aliphatic carbocycles. The van der Waals surface area contributed by atoms with E-state index in [4.69, 9.17) is 11.6 Å². The number of amides is 1. The van der Waals surface area contributed by atoms with E-state index >= 15 is 0 Å². The van der Waals surface area contributed by atoms with Gasteiger partial charge in [0.05, 0.1) is 17.7 Å². The van der Waals surface area contributed by atoms with E-state index in [1.165, 1.54) is 6.20 Å². The lowest BCUT2D eigenvalue weighted by atomic mass is 9.96. The first kappa shape index (κ1) is 16.2. The Morgan fingerprint density at radius 3 is 3.05 bits per heavy atom. The minimum Gasteiger partial charge on any atom is -0.392 e. The van der Waals surface area contributed by atoms with Crippen molar-refractivity contribution in [2.24, 2.45) is 0 Å². The molecular formula is C15H22ClN3O2. The highest BCUT2D eigenvalue weighted by molar-refractivity contribution is 6.30. The van der Waals surface area contributed by atoms with Gasteiger partial charge in [-0.05, 0) is 37.9 Å². The number of hydrogen-bond donors (Lipinski definition) is 2. The number of aliphatic hydroxyl groups excluding tert-OH is 1. The van der Waals surface area contributed by atoms with E-state index in [0.717, 1.165) is 25.8 Å². The Bertz CT molecular complexity index is 466. The summed E-state index contributed by atoms with van der Waals surface area (Å²) in [7, 11) is 0. The zero-order valence-corrected chi connectivity index (χ0v) is 13.0. The molecule has 2 atom stereocenters. The maximum Gasteiger partial charge on any atom is 0.239 e. The molecule has 21 heavy (non-hydrogen) atoms. The zero-order chi connectivity index (χ0) is 15.2. The lowest BCUT2D eigenvalue weighted by Crippen LogP contribution is -2.49. The Balaban J connectivity index is 1.92. The molecule has 2 N–H and O–H groups in total. The molecule has 0 aromatic carbocycles. The fourth-order valence-corrected chi connectivity index (χ4v) is 2.85. The fourth-order valence-electron chi connectivity index (χ4n) is 2.74. The standard InChI is InChI=1S/C15H22ClN3O2/c1-2-13(20)12-5-3-4-8-19(12)10-15(21)18-14-7-6-11(16)9-17-14/h6-7,9,12-13,20H,2-5,8,10H2,1H3,(H,17,18,21). The summed E-state index contributed by atoms with van der Waals surface area (Å²) in [4.78, 5) is 18.2. The van der Waals surface area contributed by atoms with Crippen LogP contribution in [0.1, 0.15) is 32.6 Å². The minimum absolute atomic E-state index is 0.0766. The number of aliphatic hydroxyl groups is 1. The van der Waals surface area contributed by atoms with Gasteiger partial charge in [-0.1, -0.05) is 24.9 Å². The minimum atomic E-state index is -0.369. The third-order valence-corrected chi connectivity index (χ3v) is 4.09. The number of rotatable bonds is 5. The van der Waals surface area contributed by atoms with E-state index < -0.39 is 0 Å². The smallest absolute Gasteiger partial charge is 0.239 e. The predicted octanol–water partition coefficient (Wildman–Crippen LogP) is 2.30. The second-order valence-corrected chi connectivity index (χ2v) is 5.86. The summed E-state index contributed by atoms with van der Waals surface area (Å²) in [5, 5.41) is 13.4. The number of aromatic nitrogens is 1. The van der Waals surface area contributed by atoms with Crippen LogP contribution in [0.2, 0.25) is 5.02 Å². The Hall–Kier alpha value is -1.17. The zero-order valence-electron chi connectivity index (χ0n) is 12.3. The number of nitrogens with zero attached hydrogens (tertiary/aromatic N) is 2. The van der Waals surface area contributed by atoms with Crippen LogP contribution in [0.3, 0.4) is 0 Å². The molecule has 6 heteroatoms. The van der Waals surface area contributed by atoms with Gasteiger partial charge in [0, 0.05) is 12.2 Å². The van der Waals surface area contributed by atoms with Gasteiger partial charge in [-0.25, -0.2) is 4.98 Å². The van der Waals surface area contributed by atoms with Crippen LogP contribution in [-0.2, 0) is 4.79 Å². The van der Waals surface area contributed by atoms with Gasteiger partial charge in [0.25, 0.3) is 0 Å². The lowest BCUT2D eigenvalue weighted by molar-refractivity contribution is -0.119. The van der Waals surface area contributed by atoms with Crippen LogP contribution in [0, 0.1) is 0 Å². The van der Waals surface area contributed by atoms with Crippen LogP contribution in [0.4, 0.5) is 5.82 Å². The van der Waals surface area contributed by atoms with E-state index in [1.54, 1.807) is 12.1 Å². The van der Waals surface area contributed by atoms with Crippen LogP contribution in [0.25, 0.3) is 0 Å². The van der Waals surface area contributed by atoms with Crippen molar-refractivity contribution in [3.05, 3.63) is 23.4 Å². The van der Waals surface area contributed by atoms with Gasteiger partial charge < -0.3 is 10.4 Å². The molecule has 5 nitrogen and oxygen atoms in total. The molecule has 1 aliphatic rings. The number of carbonyl (C=O) groups is 1. The normalized spacial score (nSPS) is 21.0. The summed E-state index contributed by atoms with van der Waals surface area (Å²) in [6, 6.07) is 3.44. The number of nitrogens with one attached hydrogen (secondary N) is 1. The van der Waals surface area contributed by atoms with Gasteiger partial charge in [-0.2, -0.15) is 0 Å². The van der Waals surface area contributed by atoms with Crippen molar-refractivity contribution in [3.8, 4) is 0 Å². The molecule has 1 fully saturated rings. The first-order chi connectivity index (χ1) is 10.1. The largest absolute Gasteiger partial charge is 0.392 e. The van der Waals surface area contributed by atoms with Crippen LogP contribution >= 0.6 is 11.6 Å². The molecule has 0 radical (unpaired) electrons. The summed E-state index contributed by atoms with van der Waals surface area (Å²) in [5.74, 6) is 0.383. The number of piperidine rings is 1. The summed E-state index contributed by atoms with van der Waals surface area (Å²) in [6.07, 6.45) is 4.97. The van der Waals surface area contributed by atoms with Gasteiger partial charge in [-0.15, -0.1) is 0 Å². The SMILES string of the molecule is CCC(O)C1CCCCN1CC(=O)Nc1ccc(Cl)cn1. The molecule has 1 amide bonds. The number of carbonyl (C=O) groups excluding carboxylic acids is 1. The molecule has 0 spiro atoms. The third-order valence-electron chi connectivity index (χ3n) is 3.87. The Morgan fingerprint density at radius 1 is 1.57 bits per heavy atom. The van der Waals surface area contributed by atoms with Crippen molar-refractivity contribution in [1.29, 1.82) is 0 Å². The summed E-state index contributed by atoms with van der Waals surface area (Å²) < 4.78 is 0. The van der Waals surface area contributed by atoms with Crippen molar-refractivity contribution in [1.82, 2.24) is 9.88 Å². The topological polar surface area (TPSA) is 65.5 Å². The molecule has 1 aliphatic heterocycles. The molecule has 2 heterocycles. The van der Waals surface area contributed by atoms with Crippen molar-refractivity contribution in [2.75, 3.05) is 18.4 Å².